The Hall–Kier alpha value is -1.70. The second-order valence-corrected chi connectivity index (χ2v) is 5.77. The first-order valence-electron chi connectivity index (χ1n) is 6.68. The summed E-state index contributed by atoms with van der Waals surface area (Å²) in [4.78, 5) is 1.39. The van der Waals surface area contributed by atoms with E-state index in [0.717, 1.165) is 23.4 Å². The fourth-order valence-corrected chi connectivity index (χ4v) is 2.84. The quantitative estimate of drug-likeness (QED) is 0.880. The zero-order valence-corrected chi connectivity index (χ0v) is 12.4. The Morgan fingerprint density at radius 3 is 2.80 bits per heavy atom. The van der Waals surface area contributed by atoms with Crippen LogP contribution in [0.2, 0.25) is 0 Å². The van der Waals surface area contributed by atoms with E-state index in [0.29, 0.717) is 10.4 Å². The highest BCUT2D eigenvalue weighted by Crippen LogP contribution is 2.31. The minimum Gasteiger partial charge on any atom is -0.310 e. The summed E-state index contributed by atoms with van der Waals surface area (Å²) in [5, 5.41) is 12.3. The Bertz CT molecular complexity index is 628. The Labute approximate surface area is 122 Å². The number of nitrogens with one attached hydrogen (secondary N) is 1. The number of thiophene rings is 1. The molecule has 1 atom stereocenters. The van der Waals surface area contributed by atoms with Crippen LogP contribution < -0.4 is 5.32 Å². The molecule has 2 aromatic rings. The first-order chi connectivity index (χ1) is 9.65. The number of nitrogens with zero attached hydrogens (tertiary/aromatic N) is 1. The number of halogens is 1. The molecular weight excluding hydrogens is 271 g/mol. The topological polar surface area (TPSA) is 35.8 Å². The third-order valence-electron chi connectivity index (χ3n) is 3.17. The predicted octanol–water partition coefficient (Wildman–Crippen LogP) is 4.49. The van der Waals surface area contributed by atoms with Gasteiger partial charge in [0.1, 0.15) is 16.8 Å². The molecule has 1 aromatic heterocycles. The van der Waals surface area contributed by atoms with E-state index < -0.39 is 0 Å². The van der Waals surface area contributed by atoms with Crippen molar-refractivity contribution in [3.63, 3.8) is 0 Å². The van der Waals surface area contributed by atoms with Crippen LogP contribution in [0.1, 0.15) is 36.8 Å². The Morgan fingerprint density at radius 2 is 2.15 bits per heavy atom. The highest BCUT2D eigenvalue weighted by molar-refractivity contribution is 7.16. The molecule has 0 aliphatic rings. The lowest BCUT2D eigenvalue weighted by molar-refractivity contribution is 0.568. The molecule has 0 aliphatic heterocycles. The van der Waals surface area contributed by atoms with Crippen LogP contribution in [0.4, 0.5) is 4.39 Å². The molecule has 104 valence electrons. The second-order valence-electron chi connectivity index (χ2n) is 4.69. The van der Waals surface area contributed by atoms with Crippen LogP contribution in [-0.2, 0) is 0 Å². The van der Waals surface area contributed by atoms with Gasteiger partial charge in [-0.25, -0.2) is 4.39 Å². The van der Waals surface area contributed by atoms with Gasteiger partial charge in [-0.05, 0) is 49.7 Å². The van der Waals surface area contributed by atoms with E-state index in [9.17, 15) is 4.39 Å². The lowest BCUT2D eigenvalue weighted by Crippen LogP contribution is -2.19. The summed E-state index contributed by atoms with van der Waals surface area (Å²) in [5.74, 6) is -0.247. The summed E-state index contributed by atoms with van der Waals surface area (Å²) in [5.41, 5.74) is 1.63. The zero-order chi connectivity index (χ0) is 14.5. The van der Waals surface area contributed by atoms with Crippen LogP contribution >= 0.6 is 11.3 Å². The average molecular weight is 288 g/mol. The highest BCUT2D eigenvalue weighted by Gasteiger charge is 2.12. The molecule has 1 N–H and O–H groups in total. The van der Waals surface area contributed by atoms with E-state index in [1.54, 1.807) is 12.1 Å². The molecule has 0 bridgehead atoms. The second kappa shape index (κ2) is 6.65. The lowest BCUT2D eigenvalue weighted by atomic mass is 10.0. The van der Waals surface area contributed by atoms with Gasteiger partial charge in [0.15, 0.2) is 0 Å². The fraction of sp³-hybridized carbons (Fsp3) is 0.312. The van der Waals surface area contributed by atoms with E-state index in [4.69, 9.17) is 5.26 Å². The molecule has 4 heteroatoms. The van der Waals surface area contributed by atoms with Gasteiger partial charge >= 0.3 is 0 Å². The maximum absolute atomic E-state index is 14.0. The molecule has 1 heterocycles. The monoisotopic (exact) mass is 288 g/mol. The van der Waals surface area contributed by atoms with Crippen LogP contribution in [0.5, 0.6) is 0 Å². The summed E-state index contributed by atoms with van der Waals surface area (Å²) in [6.07, 6.45) is 1.06. The number of hydrogen-bond donors (Lipinski definition) is 1. The minimum absolute atomic E-state index is 0.185. The van der Waals surface area contributed by atoms with Crippen LogP contribution in [0.15, 0.2) is 30.3 Å². The Kier molecular flexibility index (Phi) is 4.89. The molecule has 2 nitrogen and oxygen atoms in total. The van der Waals surface area contributed by atoms with Crippen molar-refractivity contribution in [3.05, 3.63) is 46.6 Å². The molecule has 0 amide bonds. The molecule has 0 saturated carbocycles. The first kappa shape index (κ1) is 14.7. The maximum atomic E-state index is 14.0. The van der Waals surface area contributed by atoms with E-state index in [1.807, 2.05) is 12.1 Å². The van der Waals surface area contributed by atoms with Gasteiger partial charge in [-0.15, -0.1) is 11.3 Å². The van der Waals surface area contributed by atoms with E-state index in [1.165, 1.54) is 17.4 Å². The summed E-state index contributed by atoms with van der Waals surface area (Å²) in [7, 11) is 0. The molecule has 1 aromatic carbocycles. The number of benzene rings is 1. The third-order valence-corrected chi connectivity index (χ3v) is 4.20. The summed E-state index contributed by atoms with van der Waals surface area (Å²) >= 11 is 1.32. The number of hydrogen-bond acceptors (Lipinski definition) is 3. The van der Waals surface area contributed by atoms with Crippen LogP contribution in [0.25, 0.3) is 10.4 Å². The van der Waals surface area contributed by atoms with Crippen molar-refractivity contribution < 1.29 is 4.39 Å². The first-order valence-corrected chi connectivity index (χ1v) is 7.50. The summed E-state index contributed by atoms with van der Waals surface area (Å²) in [6, 6.07) is 11.0. The standard InChI is InChI=1S/C16H17FN2S/c1-3-8-19-11(2)12-4-6-15(17)14(9-12)16-7-5-13(10-18)20-16/h4-7,9,11,19H,3,8H2,1-2H3. The SMILES string of the molecule is CCCNC(C)c1ccc(F)c(-c2ccc(C#N)s2)c1. The third kappa shape index (κ3) is 3.24. The summed E-state index contributed by atoms with van der Waals surface area (Å²) in [6.45, 7) is 5.12. The van der Waals surface area contributed by atoms with Crippen molar-refractivity contribution in [1.82, 2.24) is 5.32 Å². The van der Waals surface area contributed by atoms with Gasteiger partial charge in [0, 0.05) is 16.5 Å². The molecule has 20 heavy (non-hydrogen) atoms. The highest BCUT2D eigenvalue weighted by atomic mass is 32.1. The summed E-state index contributed by atoms with van der Waals surface area (Å²) < 4.78 is 14.0. The van der Waals surface area contributed by atoms with Gasteiger partial charge in [-0.1, -0.05) is 13.0 Å². The molecule has 0 aliphatic carbocycles. The lowest BCUT2D eigenvalue weighted by Gasteiger charge is -2.14. The van der Waals surface area contributed by atoms with Crippen molar-refractivity contribution in [2.75, 3.05) is 6.54 Å². The minimum atomic E-state index is -0.247. The van der Waals surface area contributed by atoms with Crippen molar-refractivity contribution in [3.8, 4) is 16.5 Å². The molecule has 0 spiro atoms. The van der Waals surface area contributed by atoms with Crippen molar-refractivity contribution in [2.24, 2.45) is 0 Å². The Balaban J connectivity index is 2.31. The van der Waals surface area contributed by atoms with Gasteiger partial charge < -0.3 is 5.32 Å². The average Bonchev–Trinajstić information content (AvgIpc) is 2.94. The largest absolute Gasteiger partial charge is 0.310 e. The smallest absolute Gasteiger partial charge is 0.131 e. The van der Waals surface area contributed by atoms with Crippen molar-refractivity contribution >= 4 is 11.3 Å². The van der Waals surface area contributed by atoms with E-state index in [2.05, 4.69) is 25.2 Å². The molecule has 0 saturated heterocycles. The van der Waals surface area contributed by atoms with Crippen LogP contribution in [0, 0.1) is 17.1 Å². The number of nitriles is 1. The predicted molar refractivity (Wildman–Crippen MR) is 81.1 cm³/mol. The normalized spacial score (nSPS) is 12.1. The molecular formula is C16H17FN2S. The van der Waals surface area contributed by atoms with Crippen LogP contribution in [-0.4, -0.2) is 6.54 Å². The van der Waals surface area contributed by atoms with Crippen LogP contribution in [0.3, 0.4) is 0 Å². The number of rotatable bonds is 5. The van der Waals surface area contributed by atoms with Crippen molar-refractivity contribution in [1.29, 1.82) is 5.26 Å². The fourth-order valence-electron chi connectivity index (χ4n) is 2.02. The molecule has 0 radical (unpaired) electrons. The van der Waals surface area contributed by atoms with Gasteiger partial charge in [0.05, 0.1) is 0 Å². The maximum Gasteiger partial charge on any atom is 0.131 e. The van der Waals surface area contributed by atoms with E-state index >= 15 is 0 Å². The molecule has 2 rings (SSSR count). The van der Waals surface area contributed by atoms with Gasteiger partial charge in [0.2, 0.25) is 0 Å². The van der Waals surface area contributed by atoms with Gasteiger partial charge in [-0.2, -0.15) is 5.26 Å². The Morgan fingerprint density at radius 1 is 1.35 bits per heavy atom. The molecule has 0 fully saturated rings. The van der Waals surface area contributed by atoms with E-state index in [-0.39, 0.29) is 11.9 Å². The molecule has 1 unspecified atom stereocenters. The van der Waals surface area contributed by atoms with Gasteiger partial charge in [-0.3, -0.25) is 0 Å². The zero-order valence-electron chi connectivity index (χ0n) is 11.6. The van der Waals surface area contributed by atoms with Crippen molar-refractivity contribution in [2.45, 2.75) is 26.3 Å². The van der Waals surface area contributed by atoms with Gasteiger partial charge in [0.25, 0.3) is 0 Å².